The summed E-state index contributed by atoms with van der Waals surface area (Å²) in [6, 6.07) is 6.64. The van der Waals surface area contributed by atoms with Crippen molar-refractivity contribution >= 4 is 35.3 Å². The van der Waals surface area contributed by atoms with Gasteiger partial charge in [-0.15, -0.1) is 0 Å². The molecule has 2 aliphatic heterocycles. The lowest BCUT2D eigenvalue weighted by Crippen LogP contribution is -2.68. The van der Waals surface area contributed by atoms with E-state index < -0.39 is 30.1 Å². The number of carbonyl (C=O) groups is 5. The van der Waals surface area contributed by atoms with Gasteiger partial charge < -0.3 is 9.64 Å². The summed E-state index contributed by atoms with van der Waals surface area (Å²) in [5, 5.41) is 0. The van der Waals surface area contributed by atoms with E-state index in [9.17, 15) is 24.0 Å². The third-order valence-corrected chi connectivity index (χ3v) is 5.15. The molecule has 0 spiro atoms. The van der Waals surface area contributed by atoms with Crippen LogP contribution in [0.25, 0.3) is 0 Å². The second kappa shape index (κ2) is 8.52. The second-order valence-electron chi connectivity index (χ2n) is 7.18. The van der Waals surface area contributed by atoms with E-state index in [-0.39, 0.29) is 31.2 Å². The summed E-state index contributed by atoms with van der Waals surface area (Å²) in [7, 11) is 0. The average Bonchev–Trinajstić information content (AvgIpc) is 3.08. The Bertz CT molecular complexity index is 901. The van der Waals surface area contributed by atoms with E-state index in [1.165, 1.54) is 16.7 Å². The second-order valence-corrected chi connectivity index (χ2v) is 7.18. The number of ether oxygens (including phenoxy) is 1. The van der Waals surface area contributed by atoms with Crippen LogP contribution in [0.3, 0.4) is 0 Å². The van der Waals surface area contributed by atoms with E-state index in [4.69, 9.17) is 4.74 Å². The molecule has 3 rings (SSSR count). The summed E-state index contributed by atoms with van der Waals surface area (Å²) >= 11 is 0. The quantitative estimate of drug-likeness (QED) is 0.513. The third kappa shape index (κ3) is 3.60. The lowest BCUT2D eigenvalue weighted by Gasteiger charge is -2.48. The molecule has 10 heteroatoms. The zero-order valence-corrected chi connectivity index (χ0v) is 16.9. The number of rotatable bonds is 6. The molecule has 0 radical (unpaired) electrons. The molecule has 4 amide bonds. The van der Waals surface area contributed by atoms with Crippen molar-refractivity contribution in [3.63, 3.8) is 0 Å². The van der Waals surface area contributed by atoms with Gasteiger partial charge in [0.15, 0.2) is 6.61 Å². The number of fused-ring (bicyclic) bond motifs is 3. The first-order valence-corrected chi connectivity index (χ1v) is 9.79. The molecule has 10 nitrogen and oxygen atoms in total. The van der Waals surface area contributed by atoms with Crippen LogP contribution in [0.1, 0.15) is 49.9 Å². The Labute approximate surface area is 173 Å². The highest BCUT2D eigenvalue weighted by atomic mass is 16.5. The van der Waals surface area contributed by atoms with Crippen molar-refractivity contribution in [2.75, 3.05) is 18.1 Å². The number of hydrogen-bond acceptors (Lipinski definition) is 6. The van der Waals surface area contributed by atoms with Crippen LogP contribution in [-0.4, -0.2) is 53.3 Å². The normalized spacial score (nSPS) is 19.8. The van der Waals surface area contributed by atoms with E-state index in [1.54, 1.807) is 24.3 Å². The van der Waals surface area contributed by atoms with Crippen LogP contribution >= 0.6 is 0 Å². The molecular weight excluding hydrogens is 392 g/mol. The number of hydrogen-bond donors (Lipinski definition) is 2. The highest BCUT2D eigenvalue weighted by Gasteiger charge is 2.61. The Kier molecular flexibility index (Phi) is 6.04. The van der Waals surface area contributed by atoms with E-state index >= 15 is 0 Å². The molecule has 2 heterocycles. The van der Waals surface area contributed by atoms with Gasteiger partial charge in [-0.3, -0.25) is 34.9 Å². The number of nitrogens with one attached hydrogen (secondary N) is 2. The highest BCUT2D eigenvalue weighted by molar-refractivity contribution is 6.15. The van der Waals surface area contributed by atoms with Crippen molar-refractivity contribution < 1.29 is 28.7 Å². The summed E-state index contributed by atoms with van der Waals surface area (Å²) in [6.45, 7) is 2.77. The number of carbonyl (C=O) groups excluding carboxylic acids is 5. The summed E-state index contributed by atoms with van der Waals surface area (Å²) in [6.07, 6.45) is 1.55. The number of anilines is 1. The van der Waals surface area contributed by atoms with Gasteiger partial charge in [0.2, 0.25) is 17.5 Å². The van der Waals surface area contributed by atoms with Gasteiger partial charge in [-0.05, 0) is 18.6 Å². The van der Waals surface area contributed by atoms with Crippen LogP contribution in [0.5, 0.6) is 0 Å². The zero-order valence-electron chi connectivity index (χ0n) is 16.9. The molecule has 0 unspecified atom stereocenters. The van der Waals surface area contributed by atoms with Gasteiger partial charge in [0.1, 0.15) is 0 Å². The van der Waals surface area contributed by atoms with Gasteiger partial charge in [0, 0.05) is 26.3 Å². The van der Waals surface area contributed by atoms with Crippen LogP contribution in [-0.2, 0) is 23.9 Å². The van der Waals surface area contributed by atoms with Gasteiger partial charge in [0.25, 0.3) is 11.8 Å². The molecular formula is C20H24N4O6. The van der Waals surface area contributed by atoms with Crippen LogP contribution in [0.4, 0.5) is 5.69 Å². The number of para-hydroxylation sites is 1. The van der Waals surface area contributed by atoms with Crippen LogP contribution in [0.2, 0.25) is 0 Å². The van der Waals surface area contributed by atoms with E-state index in [0.717, 1.165) is 6.42 Å². The van der Waals surface area contributed by atoms with Gasteiger partial charge in [-0.25, -0.2) is 4.79 Å². The molecule has 1 saturated heterocycles. The largest absolute Gasteiger partial charge is 0.452 e. The SMILES string of the molecule is CCCCN1C(=O)c2ccccc2N2C(=O)CC[C@@]12C(=O)OCC(=O)NNC(C)=O. The lowest BCUT2D eigenvalue weighted by atomic mass is 9.96. The van der Waals surface area contributed by atoms with Gasteiger partial charge in [-0.2, -0.15) is 0 Å². The third-order valence-electron chi connectivity index (χ3n) is 5.15. The summed E-state index contributed by atoms with van der Waals surface area (Å²) in [5.41, 5.74) is 3.27. The van der Waals surface area contributed by atoms with E-state index in [1.807, 2.05) is 6.92 Å². The number of unbranched alkanes of at least 4 members (excludes halogenated alkanes) is 1. The van der Waals surface area contributed by atoms with Crippen molar-refractivity contribution in [2.45, 2.75) is 45.2 Å². The molecule has 30 heavy (non-hydrogen) atoms. The molecule has 2 aliphatic rings. The first kappa shape index (κ1) is 21.3. The molecule has 1 aromatic carbocycles. The number of nitrogens with zero attached hydrogens (tertiary/aromatic N) is 2. The number of amides is 4. The minimum atomic E-state index is -1.63. The molecule has 0 aliphatic carbocycles. The van der Waals surface area contributed by atoms with Gasteiger partial charge in [-0.1, -0.05) is 25.5 Å². The van der Waals surface area contributed by atoms with E-state index in [0.29, 0.717) is 17.7 Å². The number of hydrazine groups is 1. The molecule has 0 aromatic heterocycles. The topological polar surface area (TPSA) is 125 Å². The maximum atomic E-state index is 13.3. The van der Waals surface area contributed by atoms with Crippen molar-refractivity contribution in [3.05, 3.63) is 29.8 Å². The van der Waals surface area contributed by atoms with Crippen LogP contribution in [0, 0.1) is 0 Å². The average molecular weight is 416 g/mol. The van der Waals surface area contributed by atoms with Crippen LogP contribution < -0.4 is 15.8 Å². The molecule has 2 N–H and O–H groups in total. The van der Waals surface area contributed by atoms with Crippen molar-refractivity contribution in [1.82, 2.24) is 15.8 Å². The summed E-state index contributed by atoms with van der Waals surface area (Å²) in [4.78, 5) is 64.7. The molecule has 0 bridgehead atoms. The maximum Gasteiger partial charge on any atom is 0.354 e. The summed E-state index contributed by atoms with van der Waals surface area (Å²) < 4.78 is 5.21. The minimum absolute atomic E-state index is 0.0669. The molecule has 1 aromatic rings. The predicted molar refractivity (Wildman–Crippen MR) is 105 cm³/mol. The smallest absolute Gasteiger partial charge is 0.354 e. The first-order chi connectivity index (χ1) is 14.3. The van der Waals surface area contributed by atoms with E-state index in [2.05, 4.69) is 10.9 Å². The maximum absolute atomic E-state index is 13.3. The fourth-order valence-corrected chi connectivity index (χ4v) is 3.81. The Hall–Kier alpha value is -3.43. The van der Waals surface area contributed by atoms with Gasteiger partial charge in [0.05, 0.1) is 11.3 Å². The molecule has 0 saturated carbocycles. The van der Waals surface area contributed by atoms with Crippen molar-refractivity contribution in [2.24, 2.45) is 0 Å². The molecule has 1 fully saturated rings. The molecule has 1 atom stereocenters. The Morgan fingerprint density at radius 2 is 1.90 bits per heavy atom. The fourth-order valence-electron chi connectivity index (χ4n) is 3.81. The van der Waals surface area contributed by atoms with Crippen LogP contribution in [0.15, 0.2) is 24.3 Å². The standard InChI is InChI=1S/C20H24N4O6/c1-3-4-11-23-18(28)14-7-5-6-8-15(14)24-17(27)9-10-20(23,24)19(29)30-12-16(26)22-21-13(2)25/h5-8H,3-4,9-12H2,1-2H3,(H,21,25)(H,22,26)/t20-/m1/s1. The predicted octanol–water partition coefficient (Wildman–Crippen LogP) is 0.476. The minimum Gasteiger partial charge on any atom is -0.452 e. The first-order valence-electron chi connectivity index (χ1n) is 9.79. The Morgan fingerprint density at radius 1 is 1.17 bits per heavy atom. The Morgan fingerprint density at radius 3 is 2.60 bits per heavy atom. The van der Waals surface area contributed by atoms with Gasteiger partial charge >= 0.3 is 5.97 Å². The lowest BCUT2D eigenvalue weighted by molar-refractivity contribution is -0.160. The molecule has 160 valence electrons. The highest BCUT2D eigenvalue weighted by Crippen LogP contribution is 2.45. The number of benzene rings is 1. The fraction of sp³-hybridized carbons (Fsp3) is 0.450. The number of esters is 1. The summed E-state index contributed by atoms with van der Waals surface area (Å²) in [5.74, 6) is -2.74. The van der Waals surface area contributed by atoms with Crippen molar-refractivity contribution in [3.8, 4) is 0 Å². The van der Waals surface area contributed by atoms with Crippen molar-refractivity contribution in [1.29, 1.82) is 0 Å². The zero-order chi connectivity index (χ0) is 21.9. The Balaban J connectivity index is 1.94. The monoisotopic (exact) mass is 416 g/mol.